The van der Waals surface area contributed by atoms with Crippen molar-refractivity contribution < 1.29 is 14.9 Å². The van der Waals surface area contributed by atoms with Gasteiger partial charge in [0.2, 0.25) is 0 Å². The van der Waals surface area contributed by atoms with Crippen LogP contribution in [-0.2, 0) is 5.60 Å². The minimum atomic E-state index is -1.50. The molecule has 0 aromatic heterocycles. The van der Waals surface area contributed by atoms with Gasteiger partial charge in [0.25, 0.3) is 0 Å². The summed E-state index contributed by atoms with van der Waals surface area (Å²) in [5.41, 5.74) is -1.28. The lowest BCUT2D eigenvalue weighted by molar-refractivity contribution is -0.104. The largest absolute Gasteiger partial charge is 0.497 e. The molecule has 0 aliphatic rings. The van der Waals surface area contributed by atoms with Crippen LogP contribution in [0.5, 0.6) is 5.75 Å². The van der Waals surface area contributed by atoms with Crippen molar-refractivity contribution >= 4 is 6.08 Å². The van der Waals surface area contributed by atoms with Gasteiger partial charge < -0.3 is 14.9 Å². The van der Waals surface area contributed by atoms with E-state index >= 15 is 0 Å². The predicted octanol–water partition coefficient (Wildman–Crippen LogP) is 3.37. The van der Waals surface area contributed by atoms with Crippen molar-refractivity contribution in [1.82, 2.24) is 0 Å². The van der Waals surface area contributed by atoms with Crippen LogP contribution < -0.4 is 4.74 Å². The summed E-state index contributed by atoms with van der Waals surface area (Å²) in [4.78, 5) is 0. The normalized spacial score (nSPS) is 14.8. The molecule has 116 valence electrons. The van der Waals surface area contributed by atoms with Crippen LogP contribution in [-0.4, -0.2) is 22.9 Å². The fraction of sp³-hybridized carbons (Fsp3) is 0.263. The average Bonchev–Trinajstić information content (AvgIpc) is 2.52. The molecule has 2 N–H and O–H groups in total. The summed E-state index contributed by atoms with van der Waals surface area (Å²) in [6.45, 7) is 3.18. The van der Waals surface area contributed by atoms with Gasteiger partial charge in [-0.1, -0.05) is 48.5 Å². The van der Waals surface area contributed by atoms with Crippen LogP contribution in [0.3, 0.4) is 0 Å². The highest BCUT2D eigenvalue weighted by atomic mass is 16.5. The minimum Gasteiger partial charge on any atom is -0.497 e. The number of methoxy groups -OCH3 is 1. The highest BCUT2D eigenvalue weighted by molar-refractivity contribution is 5.52. The van der Waals surface area contributed by atoms with Gasteiger partial charge in [0, 0.05) is 0 Å². The van der Waals surface area contributed by atoms with Gasteiger partial charge in [0.15, 0.2) is 0 Å². The van der Waals surface area contributed by atoms with Gasteiger partial charge in [-0.2, -0.15) is 0 Å². The Kier molecular flexibility index (Phi) is 4.69. The topological polar surface area (TPSA) is 49.7 Å². The van der Waals surface area contributed by atoms with Crippen molar-refractivity contribution in [1.29, 1.82) is 0 Å². The van der Waals surface area contributed by atoms with E-state index in [0.717, 1.165) is 5.56 Å². The molecule has 0 bridgehead atoms. The number of rotatable bonds is 5. The van der Waals surface area contributed by atoms with Gasteiger partial charge in [0.05, 0.1) is 12.7 Å². The van der Waals surface area contributed by atoms with E-state index < -0.39 is 11.2 Å². The van der Waals surface area contributed by atoms with E-state index in [1.165, 1.54) is 0 Å². The Balaban J connectivity index is 2.41. The van der Waals surface area contributed by atoms with Crippen LogP contribution in [0.25, 0.3) is 6.08 Å². The summed E-state index contributed by atoms with van der Waals surface area (Å²) in [6, 6.07) is 16.7. The first-order valence-corrected chi connectivity index (χ1v) is 7.20. The van der Waals surface area contributed by atoms with Gasteiger partial charge >= 0.3 is 0 Å². The summed E-state index contributed by atoms with van der Waals surface area (Å²) in [7, 11) is 1.59. The van der Waals surface area contributed by atoms with E-state index in [-0.39, 0.29) is 0 Å². The van der Waals surface area contributed by atoms with Crippen LogP contribution in [0, 0.1) is 0 Å². The third-order valence-electron chi connectivity index (χ3n) is 3.78. The van der Waals surface area contributed by atoms with Crippen molar-refractivity contribution in [3.8, 4) is 5.75 Å². The van der Waals surface area contributed by atoms with Gasteiger partial charge in [-0.05, 0) is 43.2 Å². The molecule has 0 aliphatic heterocycles. The predicted molar refractivity (Wildman–Crippen MR) is 88.7 cm³/mol. The van der Waals surface area contributed by atoms with Crippen LogP contribution >= 0.6 is 0 Å². The Morgan fingerprint density at radius 1 is 0.909 bits per heavy atom. The van der Waals surface area contributed by atoms with Gasteiger partial charge in [-0.25, -0.2) is 0 Å². The number of ether oxygens (including phenoxy) is 1. The zero-order valence-electron chi connectivity index (χ0n) is 13.2. The zero-order valence-corrected chi connectivity index (χ0v) is 13.2. The molecule has 0 heterocycles. The molecule has 2 aromatic rings. The second kappa shape index (κ2) is 6.34. The molecule has 2 rings (SSSR count). The quantitative estimate of drug-likeness (QED) is 0.890. The van der Waals surface area contributed by atoms with Gasteiger partial charge in [-0.3, -0.25) is 0 Å². The Labute approximate surface area is 131 Å². The Bertz CT molecular complexity index is 624. The summed E-state index contributed by atoms with van der Waals surface area (Å²) in [6.07, 6.45) is 3.44. The molecule has 2 aromatic carbocycles. The number of benzene rings is 2. The van der Waals surface area contributed by atoms with Crippen molar-refractivity contribution in [2.75, 3.05) is 7.11 Å². The number of hydrogen-bond donors (Lipinski definition) is 2. The summed E-state index contributed by atoms with van der Waals surface area (Å²) >= 11 is 0. The number of hydrogen-bond acceptors (Lipinski definition) is 3. The molecule has 0 spiro atoms. The molecule has 1 atom stereocenters. The van der Waals surface area contributed by atoms with E-state index in [2.05, 4.69) is 0 Å². The first kappa shape index (κ1) is 16.3. The van der Waals surface area contributed by atoms with E-state index in [1.807, 2.05) is 36.4 Å². The molecule has 0 amide bonds. The lowest BCUT2D eigenvalue weighted by Crippen LogP contribution is -2.45. The summed E-state index contributed by atoms with van der Waals surface area (Å²) < 4.78 is 5.13. The van der Waals surface area contributed by atoms with Crippen molar-refractivity contribution in [3.05, 3.63) is 71.8 Å². The molecule has 22 heavy (non-hydrogen) atoms. The maximum Gasteiger partial charge on any atom is 0.136 e. The maximum absolute atomic E-state index is 11.1. The van der Waals surface area contributed by atoms with Crippen molar-refractivity contribution in [2.24, 2.45) is 0 Å². The van der Waals surface area contributed by atoms with Crippen LogP contribution in [0.1, 0.15) is 25.0 Å². The van der Waals surface area contributed by atoms with Crippen molar-refractivity contribution in [2.45, 2.75) is 25.0 Å². The first-order chi connectivity index (χ1) is 10.4. The smallest absolute Gasteiger partial charge is 0.136 e. The second-order valence-corrected chi connectivity index (χ2v) is 5.80. The number of aliphatic hydroxyl groups is 2. The standard InChI is InChI=1S/C19H22O3/c1-18(2,20)19(21,14-13-15-7-5-4-6-8-15)16-9-11-17(22-3)12-10-16/h4-14,20-21H,1-3H3/b14-13+. The van der Waals surface area contributed by atoms with E-state index in [9.17, 15) is 10.2 Å². The molecule has 0 aliphatic carbocycles. The molecule has 3 heteroatoms. The molecule has 0 saturated heterocycles. The van der Waals surface area contributed by atoms with Gasteiger partial charge in [0.1, 0.15) is 11.4 Å². The molecule has 0 radical (unpaired) electrons. The molecule has 3 nitrogen and oxygen atoms in total. The van der Waals surface area contributed by atoms with E-state index in [1.54, 1.807) is 51.3 Å². The van der Waals surface area contributed by atoms with Crippen LogP contribution in [0.15, 0.2) is 60.7 Å². The fourth-order valence-corrected chi connectivity index (χ4v) is 2.28. The molecule has 1 unspecified atom stereocenters. The second-order valence-electron chi connectivity index (χ2n) is 5.80. The summed E-state index contributed by atoms with van der Waals surface area (Å²) in [5, 5.41) is 21.5. The monoisotopic (exact) mass is 298 g/mol. The van der Waals surface area contributed by atoms with Crippen LogP contribution in [0.2, 0.25) is 0 Å². The molecular formula is C19H22O3. The van der Waals surface area contributed by atoms with Crippen LogP contribution in [0.4, 0.5) is 0 Å². The SMILES string of the molecule is COc1ccc(C(O)(/C=C/c2ccccc2)C(C)(C)O)cc1. The molecular weight excluding hydrogens is 276 g/mol. The van der Waals surface area contributed by atoms with Gasteiger partial charge in [-0.15, -0.1) is 0 Å². The lowest BCUT2D eigenvalue weighted by Gasteiger charge is -2.37. The lowest BCUT2D eigenvalue weighted by atomic mass is 9.79. The Hall–Kier alpha value is -2.10. The zero-order chi connectivity index (χ0) is 16.2. The average molecular weight is 298 g/mol. The first-order valence-electron chi connectivity index (χ1n) is 7.20. The highest BCUT2D eigenvalue weighted by Crippen LogP contribution is 2.35. The molecule has 0 saturated carbocycles. The third-order valence-corrected chi connectivity index (χ3v) is 3.78. The maximum atomic E-state index is 11.1. The fourth-order valence-electron chi connectivity index (χ4n) is 2.28. The minimum absolute atomic E-state index is 0.605. The molecule has 0 fully saturated rings. The Morgan fingerprint density at radius 3 is 2.00 bits per heavy atom. The third kappa shape index (κ3) is 3.38. The summed E-state index contributed by atoms with van der Waals surface area (Å²) in [5.74, 6) is 0.703. The van der Waals surface area contributed by atoms with Crippen molar-refractivity contribution in [3.63, 3.8) is 0 Å². The van der Waals surface area contributed by atoms with E-state index in [0.29, 0.717) is 11.3 Å². The highest BCUT2D eigenvalue weighted by Gasteiger charge is 2.41. The Morgan fingerprint density at radius 2 is 1.50 bits per heavy atom. The van der Waals surface area contributed by atoms with E-state index in [4.69, 9.17) is 4.74 Å².